The third-order valence-corrected chi connectivity index (χ3v) is 4.25. The van der Waals surface area contributed by atoms with Crippen LogP contribution in [-0.4, -0.2) is 25.6 Å². The van der Waals surface area contributed by atoms with Gasteiger partial charge in [0, 0.05) is 23.7 Å². The molecule has 0 aliphatic heterocycles. The lowest BCUT2D eigenvalue weighted by molar-refractivity contribution is -0.119. The first-order valence-electron chi connectivity index (χ1n) is 8.53. The number of rotatable bonds is 6. The number of para-hydroxylation sites is 2. The van der Waals surface area contributed by atoms with Crippen molar-refractivity contribution in [3.63, 3.8) is 0 Å². The molecule has 1 N–H and O–H groups in total. The van der Waals surface area contributed by atoms with Crippen LogP contribution in [0.15, 0.2) is 46.9 Å². The summed E-state index contributed by atoms with van der Waals surface area (Å²) in [5.74, 6) is -1.06. The highest BCUT2D eigenvalue weighted by Crippen LogP contribution is 2.27. The minimum absolute atomic E-state index is 0.0536. The molecule has 3 rings (SSSR count). The molecule has 0 bridgehead atoms. The van der Waals surface area contributed by atoms with Gasteiger partial charge in [-0.15, -0.1) is 0 Å². The Kier molecular flexibility index (Phi) is 5.57. The van der Waals surface area contributed by atoms with Gasteiger partial charge in [0.2, 0.25) is 5.76 Å². The number of carbonyl (C=O) groups is 2. The molecule has 0 saturated heterocycles. The molecule has 0 aliphatic carbocycles. The number of amides is 1. The number of hydrogen-bond donors (Lipinski definition) is 1. The predicted octanol–water partition coefficient (Wildman–Crippen LogP) is 3.99. The fourth-order valence-electron chi connectivity index (χ4n) is 2.94. The van der Waals surface area contributed by atoms with Crippen LogP contribution in [0.2, 0.25) is 0 Å². The molecule has 27 heavy (non-hydrogen) atoms. The minimum Gasteiger partial charge on any atom is -0.450 e. The molecular formula is C21H21NO5. The molecule has 1 heterocycles. The third-order valence-electron chi connectivity index (χ3n) is 4.25. The molecule has 2 aromatic carbocycles. The Balaban J connectivity index is 1.71. The van der Waals surface area contributed by atoms with Gasteiger partial charge in [-0.2, -0.15) is 0 Å². The Labute approximate surface area is 157 Å². The fraction of sp³-hybridized carbons (Fsp3) is 0.238. The van der Waals surface area contributed by atoms with E-state index in [0.29, 0.717) is 11.1 Å². The molecule has 6 nitrogen and oxygen atoms in total. The number of furan rings is 1. The number of esters is 1. The van der Waals surface area contributed by atoms with E-state index in [1.807, 2.05) is 50.2 Å². The number of hydrogen-bond acceptors (Lipinski definition) is 5. The standard InChI is InChI=1S/C21H21NO5/c1-13-7-6-8-14(2)19(13)22-18(23)12-26-21(24)20-16(11-25-3)15-9-4-5-10-17(15)27-20/h4-10H,11-12H2,1-3H3,(H,22,23). The summed E-state index contributed by atoms with van der Waals surface area (Å²) in [4.78, 5) is 24.6. The summed E-state index contributed by atoms with van der Waals surface area (Å²) in [5.41, 5.74) is 3.77. The molecule has 0 saturated carbocycles. The van der Waals surface area contributed by atoms with Gasteiger partial charge in [-0.25, -0.2) is 4.79 Å². The van der Waals surface area contributed by atoms with E-state index in [2.05, 4.69) is 5.32 Å². The zero-order valence-electron chi connectivity index (χ0n) is 15.5. The molecule has 0 aliphatic rings. The molecular weight excluding hydrogens is 346 g/mol. The lowest BCUT2D eigenvalue weighted by Gasteiger charge is -2.11. The maximum absolute atomic E-state index is 12.4. The predicted molar refractivity (Wildman–Crippen MR) is 102 cm³/mol. The van der Waals surface area contributed by atoms with Gasteiger partial charge in [-0.05, 0) is 31.0 Å². The number of anilines is 1. The normalized spacial score (nSPS) is 10.8. The maximum Gasteiger partial charge on any atom is 0.375 e. The number of aryl methyl sites for hydroxylation is 2. The summed E-state index contributed by atoms with van der Waals surface area (Å²) in [6.07, 6.45) is 0. The van der Waals surface area contributed by atoms with E-state index in [9.17, 15) is 9.59 Å². The van der Waals surface area contributed by atoms with Crippen molar-refractivity contribution in [3.05, 3.63) is 64.9 Å². The largest absolute Gasteiger partial charge is 0.450 e. The van der Waals surface area contributed by atoms with Crippen molar-refractivity contribution in [2.45, 2.75) is 20.5 Å². The van der Waals surface area contributed by atoms with E-state index in [1.54, 1.807) is 6.07 Å². The average Bonchev–Trinajstić information content (AvgIpc) is 3.02. The van der Waals surface area contributed by atoms with Crippen LogP contribution in [0.4, 0.5) is 5.69 Å². The third kappa shape index (κ3) is 4.01. The topological polar surface area (TPSA) is 77.8 Å². The molecule has 0 spiro atoms. The van der Waals surface area contributed by atoms with Gasteiger partial charge in [0.1, 0.15) is 5.58 Å². The van der Waals surface area contributed by atoms with E-state index < -0.39 is 18.5 Å². The molecule has 0 fully saturated rings. The van der Waals surface area contributed by atoms with Crippen molar-refractivity contribution in [3.8, 4) is 0 Å². The second kappa shape index (κ2) is 8.05. The van der Waals surface area contributed by atoms with Crippen LogP contribution >= 0.6 is 0 Å². The molecule has 0 radical (unpaired) electrons. The van der Waals surface area contributed by atoms with Crippen LogP contribution in [-0.2, 0) is 20.9 Å². The number of benzene rings is 2. The number of carbonyl (C=O) groups excluding carboxylic acids is 2. The minimum atomic E-state index is -0.699. The number of methoxy groups -OCH3 is 1. The van der Waals surface area contributed by atoms with Crippen molar-refractivity contribution >= 4 is 28.5 Å². The van der Waals surface area contributed by atoms with Crippen molar-refractivity contribution in [1.29, 1.82) is 0 Å². The molecule has 0 unspecified atom stereocenters. The number of ether oxygens (including phenoxy) is 2. The second-order valence-electron chi connectivity index (χ2n) is 6.23. The monoisotopic (exact) mass is 367 g/mol. The van der Waals surface area contributed by atoms with Gasteiger partial charge in [-0.1, -0.05) is 36.4 Å². The highest BCUT2D eigenvalue weighted by atomic mass is 16.5. The van der Waals surface area contributed by atoms with Crippen LogP contribution in [0.5, 0.6) is 0 Å². The lowest BCUT2D eigenvalue weighted by Crippen LogP contribution is -2.22. The van der Waals surface area contributed by atoms with E-state index in [0.717, 1.165) is 22.2 Å². The molecule has 3 aromatic rings. The summed E-state index contributed by atoms with van der Waals surface area (Å²) in [6, 6.07) is 13.0. The van der Waals surface area contributed by atoms with Crippen LogP contribution in [0.1, 0.15) is 27.2 Å². The summed E-state index contributed by atoms with van der Waals surface area (Å²) >= 11 is 0. The van der Waals surface area contributed by atoms with Gasteiger partial charge in [0.05, 0.1) is 6.61 Å². The van der Waals surface area contributed by atoms with E-state index in [4.69, 9.17) is 13.9 Å². The zero-order valence-corrected chi connectivity index (χ0v) is 15.5. The molecule has 0 atom stereocenters. The van der Waals surface area contributed by atoms with Crippen LogP contribution in [0.25, 0.3) is 11.0 Å². The lowest BCUT2D eigenvalue weighted by atomic mass is 10.1. The van der Waals surface area contributed by atoms with Crippen molar-refractivity contribution in [2.75, 3.05) is 19.0 Å². The molecule has 140 valence electrons. The first-order valence-corrected chi connectivity index (χ1v) is 8.53. The van der Waals surface area contributed by atoms with Crippen LogP contribution < -0.4 is 5.32 Å². The van der Waals surface area contributed by atoms with Gasteiger partial charge in [0.15, 0.2) is 6.61 Å². The first kappa shape index (κ1) is 18.7. The highest BCUT2D eigenvalue weighted by molar-refractivity contribution is 5.98. The summed E-state index contributed by atoms with van der Waals surface area (Å²) in [7, 11) is 1.54. The van der Waals surface area contributed by atoms with Gasteiger partial charge in [0.25, 0.3) is 5.91 Å². The van der Waals surface area contributed by atoms with Crippen LogP contribution in [0, 0.1) is 13.8 Å². The number of nitrogens with one attached hydrogen (secondary N) is 1. The van der Waals surface area contributed by atoms with Crippen molar-refractivity contribution in [1.82, 2.24) is 0 Å². The van der Waals surface area contributed by atoms with Crippen LogP contribution in [0.3, 0.4) is 0 Å². The van der Waals surface area contributed by atoms with Gasteiger partial charge in [-0.3, -0.25) is 4.79 Å². The van der Waals surface area contributed by atoms with E-state index >= 15 is 0 Å². The Morgan fingerprint density at radius 3 is 2.44 bits per heavy atom. The van der Waals surface area contributed by atoms with E-state index in [1.165, 1.54) is 7.11 Å². The summed E-state index contributed by atoms with van der Waals surface area (Å²) in [5, 5.41) is 3.56. The maximum atomic E-state index is 12.4. The first-order chi connectivity index (χ1) is 13.0. The molecule has 1 amide bonds. The van der Waals surface area contributed by atoms with Crippen molar-refractivity contribution in [2.24, 2.45) is 0 Å². The Bertz CT molecular complexity index is 969. The van der Waals surface area contributed by atoms with E-state index in [-0.39, 0.29) is 12.4 Å². The van der Waals surface area contributed by atoms with Crippen molar-refractivity contribution < 1.29 is 23.5 Å². The number of fused-ring (bicyclic) bond motifs is 1. The highest BCUT2D eigenvalue weighted by Gasteiger charge is 2.22. The smallest absolute Gasteiger partial charge is 0.375 e. The second-order valence-corrected chi connectivity index (χ2v) is 6.23. The fourth-order valence-corrected chi connectivity index (χ4v) is 2.94. The quantitative estimate of drug-likeness (QED) is 0.667. The summed E-state index contributed by atoms with van der Waals surface area (Å²) in [6.45, 7) is 3.60. The molecule has 6 heteroatoms. The SMILES string of the molecule is COCc1c(C(=O)OCC(=O)Nc2c(C)cccc2C)oc2ccccc12. The molecule has 1 aromatic heterocycles. The Morgan fingerprint density at radius 2 is 1.74 bits per heavy atom. The van der Waals surface area contributed by atoms with Gasteiger partial charge < -0.3 is 19.2 Å². The zero-order chi connectivity index (χ0) is 19.4. The Morgan fingerprint density at radius 1 is 1.04 bits per heavy atom. The summed E-state index contributed by atoms with van der Waals surface area (Å²) < 4.78 is 15.9. The average molecular weight is 367 g/mol. The van der Waals surface area contributed by atoms with Gasteiger partial charge >= 0.3 is 5.97 Å². The Hall–Kier alpha value is -3.12.